The summed E-state index contributed by atoms with van der Waals surface area (Å²) in [6, 6.07) is -0.395. The minimum atomic E-state index is -0.395. The highest BCUT2D eigenvalue weighted by molar-refractivity contribution is 5.81. The van der Waals surface area contributed by atoms with Gasteiger partial charge in [0.2, 0.25) is 5.91 Å². The van der Waals surface area contributed by atoms with E-state index in [1.807, 2.05) is 4.90 Å². The maximum absolute atomic E-state index is 11.7. The van der Waals surface area contributed by atoms with E-state index in [2.05, 4.69) is 0 Å². The minimum absolute atomic E-state index is 0.0501. The molecule has 1 unspecified atom stereocenters. The molecule has 0 spiro atoms. The predicted molar refractivity (Wildman–Crippen MR) is 72.8 cm³/mol. The van der Waals surface area contributed by atoms with Gasteiger partial charge in [-0.05, 0) is 39.0 Å². The van der Waals surface area contributed by atoms with Gasteiger partial charge < -0.3 is 20.1 Å². The maximum Gasteiger partial charge on any atom is 0.239 e. The van der Waals surface area contributed by atoms with Crippen molar-refractivity contribution < 1.29 is 14.3 Å². The molecule has 5 nitrogen and oxygen atoms in total. The minimum Gasteiger partial charge on any atom is -0.376 e. The van der Waals surface area contributed by atoms with E-state index < -0.39 is 6.04 Å². The van der Waals surface area contributed by atoms with E-state index in [4.69, 9.17) is 15.2 Å². The molecule has 2 fully saturated rings. The van der Waals surface area contributed by atoms with Crippen molar-refractivity contribution in [2.45, 2.75) is 57.3 Å². The second-order valence-corrected chi connectivity index (χ2v) is 5.64. The van der Waals surface area contributed by atoms with Crippen LogP contribution >= 0.6 is 0 Å². The normalized spacial score (nSPS) is 27.3. The zero-order valence-corrected chi connectivity index (χ0v) is 11.8. The molecule has 2 rings (SSSR count). The van der Waals surface area contributed by atoms with Gasteiger partial charge in [0, 0.05) is 19.7 Å². The Labute approximate surface area is 115 Å². The van der Waals surface area contributed by atoms with Crippen molar-refractivity contribution >= 4 is 5.91 Å². The highest BCUT2D eigenvalue weighted by Gasteiger charge is 2.25. The summed E-state index contributed by atoms with van der Waals surface area (Å²) in [6.07, 6.45) is 5.89. The summed E-state index contributed by atoms with van der Waals surface area (Å²) < 4.78 is 11.6. The molecule has 2 aliphatic heterocycles. The third kappa shape index (κ3) is 4.44. The first kappa shape index (κ1) is 14.8. The van der Waals surface area contributed by atoms with Crippen molar-refractivity contribution in [1.29, 1.82) is 0 Å². The van der Waals surface area contributed by atoms with Crippen molar-refractivity contribution in [2.24, 2.45) is 5.73 Å². The van der Waals surface area contributed by atoms with E-state index in [0.29, 0.717) is 6.61 Å². The number of ether oxygens (including phenoxy) is 2. The van der Waals surface area contributed by atoms with Crippen molar-refractivity contribution in [3.05, 3.63) is 0 Å². The molecule has 2 aliphatic rings. The lowest BCUT2D eigenvalue weighted by atomic mass is 10.1. The zero-order valence-electron chi connectivity index (χ0n) is 11.8. The van der Waals surface area contributed by atoms with Crippen molar-refractivity contribution in [1.82, 2.24) is 4.90 Å². The molecule has 0 radical (unpaired) electrons. The lowest BCUT2D eigenvalue weighted by Crippen LogP contribution is -2.47. The van der Waals surface area contributed by atoms with Crippen LogP contribution in [0.5, 0.6) is 0 Å². The topological polar surface area (TPSA) is 64.8 Å². The number of carbonyl (C=O) groups is 1. The first-order valence-corrected chi connectivity index (χ1v) is 7.44. The lowest BCUT2D eigenvalue weighted by Gasteiger charge is -2.34. The molecule has 0 bridgehead atoms. The molecule has 2 N–H and O–H groups in total. The number of nitrogens with two attached hydrogens (primary N) is 1. The first-order valence-electron chi connectivity index (χ1n) is 7.44. The number of amides is 1. The fourth-order valence-corrected chi connectivity index (χ4v) is 2.71. The van der Waals surface area contributed by atoms with Gasteiger partial charge in [0.15, 0.2) is 0 Å². The van der Waals surface area contributed by atoms with Crippen LogP contribution in [0.4, 0.5) is 0 Å². The van der Waals surface area contributed by atoms with Crippen LogP contribution in [0.2, 0.25) is 0 Å². The van der Waals surface area contributed by atoms with Gasteiger partial charge in [0.1, 0.15) is 0 Å². The molecule has 5 heteroatoms. The molecule has 1 amide bonds. The van der Waals surface area contributed by atoms with Crippen molar-refractivity contribution in [2.75, 3.05) is 26.3 Å². The van der Waals surface area contributed by atoms with Gasteiger partial charge in [0.05, 0.1) is 24.9 Å². The molecule has 0 aromatic rings. The smallest absolute Gasteiger partial charge is 0.239 e. The number of rotatable bonds is 4. The van der Waals surface area contributed by atoms with Crippen LogP contribution in [-0.4, -0.2) is 55.4 Å². The Morgan fingerprint density at radius 1 is 1.37 bits per heavy atom. The van der Waals surface area contributed by atoms with Gasteiger partial charge in [-0.1, -0.05) is 0 Å². The molecule has 110 valence electrons. The van der Waals surface area contributed by atoms with Crippen LogP contribution in [0.25, 0.3) is 0 Å². The van der Waals surface area contributed by atoms with E-state index in [9.17, 15) is 4.79 Å². The monoisotopic (exact) mass is 270 g/mol. The summed E-state index contributed by atoms with van der Waals surface area (Å²) >= 11 is 0. The van der Waals surface area contributed by atoms with Crippen LogP contribution in [0, 0.1) is 0 Å². The third-order valence-electron chi connectivity index (χ3n) is 3.93. The summed E-state index contributed by atoms with van der Waals surface area (Å²) in [4.78, 5) is 13.6. The number of likely N-dealkylation sites (tertiary alicyclic amines) is 1. The number of nitrogens with zero attached hydrogens (tertiary/aromatic N) is 1. The van der Waals surface area contributed by atoms with Crippen LogP contribution in [0.15, 0.2) is 0 Å². The fraction of sp³-hybridized carbons (Fsp3) is 0.929. The summed E-state index contributed by atoms with van der Waals surface area (Å²) in [7, 11) is 0. The highest BCUT2D eigenvalue weighted by atomic mass is 16.5. The van der Waals surface area contributed by atoms with E-state index in [1.165, 1.54) is 12.8 Å². The Kier molecular flexibility index (Phi) is 5.60. The Morgan fingerprint density at radius 3 is 2.68 bits per heavy atom. The zero-order chi connectivity index (χ0) is 13.7. The molecule has 2 atom stereocenters. The van der Waals surface area contributed by atoms with Gasteiger partial charge in [-0.25, -0.2) is 0 Å². The Balaban J connectivity index is 1.64. The summed E-state index contributed by atoms with van der Waals surface area (Å²) in [5, 5.41) is 0. The van der Waals surface area contributed by atoms with E-state index in [-0.39, 0.29) is 18.1 Å². The van der Waals surface area contributed by atoms with Gasteiger partial charge in [-0.15, -0.1) is 0 Å². The molecule has 0 aliphatic carbocycles. The van der Waals surface area contributed by atoms with E-state index >= 15 is 0 Å². The number of hydrogen-bond acceptors (Lipinski definition) is 4. The second kappa shape index (κ2) is 7.22. The summed E-state index contributed by atoms with van der Waals surface area (Å²) in [5.41, 5.74) is 5.62. The Morgan fingerprint density at radius 2 is 2.11 bits per heavy atom. The highest BCUT2D eigenvalue weighted by Crippen LogP contribution is 2.18. The van der Waals surface area contributed by atoms with Crippen LogP contribution in [-0.2, 0) is 14.3 Å². The first-order chi connectivity index (χ1) is 9.16. The molecule has 19 heavy (non-hydrogen) atoms. The SMILES string of the molecule is C[C@H](N)C(=O)N1CCC(OCC2CCCCO2)CC1. The summed E-state index contributed by atoms with van der Waals surface area (Å²) in [5.74, 6) is 0.0501. The molecule has 2 heterocycles. The standard InChI is InChI=1S/C14H26N2O3/c1-11(15)14(17)16-7-5-12(6-8-16)19-10-13-4-2-3-9-18-13/h11-13H,2-10,15H2,1H3/t11-,13?/m0/s1. The van der Waals surface area contributed by atoms with E-state index in [0.717, 1.165) is 39.0 Å². The largest absolute Gasteiger partial charge is 0.376 e. The van der Waals surface area contributed by atoms with Gasteiger partial charge >= 0.3 is 0 Å². The number of piperidine rings is 1. The lowest BCUT2D eigenvalue weighted by molar-refractivity contribution is -0.135. The molecule has 0 saturated carbocycles. The van der Waals surface area contributed by atoms with Gasteiger partial charge in [0.25, 0.3) is 0 Å². The third-order valence-corrected chi connectivity index (χ3v) is 3.93. The van der Waals surface area contributed by atoms with Crippen LogP contribution < -0.4 is 5.73 Å². The summed E-state index contributed by atoms with van der Waals surface area (Å²) in [6.45, 7) is 4.83. The molecular formula is C14H26N2O3. The van der Waals surface area contributed by atoms with E-state index in [1.54, 1.807) is 6.92 Å². The number of hydrogen-bond donors (Lipinski definition) is 1. The fourth-order valence-electron chi connectivity index (χ4n) is 2.71. The Hall–Kier alpha value is -0.650. The molecule has 0 aromatic carbocycles. The quantitative estimate of drug-likeness (QED) is 0.824. The molecule has 2 saturated heterocycles. The second-order valence-electron chi connectivity index (χ2n) is 5.64. The number of carbonyl (C=O) groups excluding carboxylic acids is 1. The van der Waals surface area contributed by atoms with Gasteiger partial charge in [-0.3, -0.25) is 4.79 Å². The van der Waals surface area contributed by atoms with Crippen LogP contribution in [0.1, 0.15) is 39.0 Å². The van der Waals surface area contributed by atoms with Crippen molar-refractivity contribution in [3.63, 3.8) is 0 Å². The Bertz CT molecular complexity index is 282. The van der Waals surface area contributed by atoms with Crippen molar-refractivity contribution in [3.8, 4) is 0 Å². The van der Waals surface area contributed by atoms with Gasteiger partial charge in [-0.2, -0.15) is 0 Å². The van der Waals surface area contributed by atoms with Crippen LogP contribution in [0.3, 0.4) is 0 Å². The molecule has 0 aromatic heterocycles. The average Bonchev–Trinajstić information content (AvgIpc) is 2.46. The maximum atomic E-state index is 11.7. The average molecular weight is 270 g/mol. The molecular weight excluding hydrogens is 244 g/mol. The predicted octanol–water partition coefficient (Wildman–Crippen LogP) is 0.910.